The second-order valence-electron chi connectivity index (χ2n) is 20.4. The van der Waals surface area contributed by atoms with Crippen molar-refractivity contribution < 1.29 is 18.9 Å². The van der Waals surface area contributed by atoms with Gasteiger partial charge in [0.1, 0.15) is 23.0 Å². The molecule has 0 aromatic heterocycles. The number of hydrogen-bond acceptors (Lipinski definition) is 4. The molecule has 0 atom stereocenters. The highest BCUT2D eigenvalue weighted by molar-refractivity contribution is 5.62. The van der Waals surface area contributed by atoms with Crippen LogP contribution in [0.1, 0.15) is 181 Å². The van der Waals surface area contributed by atoms with Crippen LogP contribution in [0.15, 0.2) is 61.2 Å². The van der Waals surface area contributed by atoms with Crippen LogP contribution in [0, 0.1) is 0 Å². The first-order valence-electron chi connectivity index (χ1n) is 21.0. The molecule has 308 valence electrons. The monoisotopic (exact) mass is 773 g/mol. The number of rotatable bonds is 7. The second kappa shape index (κ2) is 16.2. The summed E-state index contributed by atoms with van der Waals surface area (Å²) in [7, 11) is 7.31. The SMILES string of the molecule is C=CCC1c2cc(C(C)(C)C)cc(c2OC)Cc2cc(C(C)(C)C)cc(c2OC)C(CC)c2cc(C(C)(C)C)cc(c2OC)Cc2cc(C(C)(C)C)cc1c2OC. The van der Waals surface area contributed by atoms with Gasteiger partial charge in [-0.05, 0) is 79.0 Å². The van der Waals surface area contributed by atoms with Crippen molar-refractivity contribution in [2.24, 2.45) is 0 Å². The van der Waals surface area contributed by atoms with Crippen LogP contribution in [-0.4, -0.2) is 28.4 Å². The van der Waals surface area contributed by atoms with Gasteiger partial charge in [0.15, 0.2) is 0 Å². The molecule has 0 aliphatic heterocycles. The van der Waals surface area contributed by atoms with Gasteiger partial charge in [0.25, 0.3) is 0 Å². The van der Waals surface area contributed by atoms with Crippen molar-refractivity contribution in [1.29, 1.82) is 0 Å². The maximum absolute atomic E-state index is 6.57. The third-order valence-electron chi connectivity index (χ3n) is 12.1. The Morgan fingerprint density at radius 3 is 0.895 bits per heavy atom. The molecular formula is C53H72O4. The largest absolute Gasteiger partial charge is 0.496 e. The van der Waals surface area contributed by atoms with Crippen LogP contribution in [0.2, 0.25) is 0 Å². The van der Waals surface area contributed by atoms with Crippen molar-refractivity contribution in [2.75, 3.05) is 28.4 Å². The summed E-state index contributed by atoms with van der Waals surface area (Å²) in [6, 6.07) is 19.0. The first-order chi connectivity index (χ1) is 26.5. The molecule has 4 nitrogen and oxygen atoms in total. The molecule has 4 heteroatoms. The van der Waals surface area contributed by atoms with Gasteiger partial charge in [-0.1, -0.05) is 145 Å². The van der Waals surface area contributed by atoms with Gasteiger partial charge >= 0.3 is 0 Å². The maximum atomic E-state index is 6.57. The number of fused-ring (bicyclic) bond motifs is 8. The second-order valence-corrected chi connectivity index (χ2v) is 20.4. The lowest BCUT2D eigenvalue weighted by Gasteiger charge is -2.32. The summed E-state index contributed by atoms with van der Waals surface area (Å²) >= 11 is 0. The van der Waals surface area contributed by atoms with Crippen molar-refractivity contribution in [1.82, 2.24) is 0 Å². The van der Waals surface area contributed by atoms with Gasteiger partial charge in [-0.15, -0.1) is 6.58 Å². The highest BCUT2D eigenvalue weighted by Gasteiger charge is 2.33. The van der Waals surface area contributed by atoms with E-state index in [1.807, 2.05) is 34.5 Å². The number of hydrogen-bond donors (Lipinski definition) is 0. The minimum Gasteiger partial charge on any atom is -0.496 e. The van der Waals surface area contributed by atoms with E-state index in [1.54, 1.807) is 0 Å². The van der Waals surface area contributed by atoms with E-state index in [0.29, 0.717) is 19.3 Å². The van der Waals surface area contributed by atoms with Gasteiger partial charge in [-0.25, -0.2) is 0 Å². The number of benzene rings is 4. The van der Waals surface area contributed by atoms with E-state index >= 15 is 0 Å². The fourth-order valence-electron chi connectivity index (χ4n) is 8.75. The van der Waals surface area contributed by atoms with Gasteiger partial charge < -0.3 is 18.9 Å². The molecule has 0 spiro atoms. The molecule has 0 saturated carbocycles. The standard InChI is InChI=1S/C53H72O4/c1-19-21-41-44-30-38(52(9,10)11)26-34(48(44)56-17)22-32-24-36(50(3,4)5)28-42(46(32)54-15)40(20-2)43-29-37(51(6,7)8)25-33(47(43)55-16)23-35-27-39(53(12,13)14)31-45(41)49(35)57-18/h19,24-31,40-41H,1,20-23H2,2-18H3. The van der Waals surface area contributed by atoms with E-state index in [1.165, 1.54) is 33.4 Å². The fourth-order valence-corrected chi connectivity index (χ4v) is 8.75. The first kappa shape index (κ1) is 43.9. The number of ether oxygens (including phenoxy) is 4. The third kappa shape index (κ3) is 8.81. The summed E-state index contributed by atoms with van der Waals surface area (Å²) in [6.07, 6.45) is 4.92. The summed E-state index contributed by atoms with van der Waals surface area (Å²) in [6.45, 7) is 34.2. The summed E-state index contributed by atoms with van der Waals surface area (Å²) < 4.78 is 26.3. The number of allylic oxidation sites excluding steroid dienone is 1. The minimum atomic E-state index is -0.113. The average molecular weight is 773 g/mol. The van der Waals surface area contributed by atoms with E-state index < -0.39 is 0 Å². The van der Waals surface area contributed by atoms with Crippen LogP contribution in [-0.2, 0) is 34.5 Å². The Morgan fingerprint density at radius 1 is 0.456 bits per heavy atom. The van der Waals surface area contributed by atoms with Gasteiger partial charge in [-0.2, -0.15) is 0 Å². The Morgan fingerprint density at radius 2 is 0.702 bits per heavy atom. The highest BCUT2D eigenvalue weighted by Crippen LogP contribution is 2.50. The zero-order chi connectivity index (χ0) is 42.4. The molecule has 4 aromatic rings. The van der Waals surface area contributed by atoms with Crippen molar-refractivity contribution in [3.05, 3.63) is 128 Å². The Labute approximate surface area is 346 Å². The quantitative estimate of drug-likeness (QED) is 0.175. The Kier molecular flexibility index (Phi) is 12.5. The van der Waals surface area contributed by atoms with E-state index in [-0.39, 0.29) is 33.5 Å². The lowest BCUT2D eigenvalue weighted by molar-refractivity contribution is 0.388. The van der Waals surface area contributed by atoms with Crippen LogP contribution in [0.25, 0.3) is 0 Å². The molecule has 5 rings (SSSR count). The van der Waals surface area contributed by atoms with Gasteiger partial charge in [0.05, 0.1) is 28.4 Å². The highest BCUT2D eigenvalue weighted by atomic mass is 16.5. The molecule has 0 radical (unpaired) electrons. The summed E-state index contributed by atoms with van der Waals surface area (Å²) in [4.78, 5) is 0. The molecule has 0 fully saturated rings. The van der Waals surface area contributed by atoms with E-state index in [2.05, 4.69) is 145 Å². The molecule has 4 aromatic carbocycles. The van der Waals surface area contributed by atoms with Crippen molar-refractivity contribution in [3.8, 4) is 23.0 Å². The molecule has 1 aliphatic rings. The van der Waals surface area contributed by atoms with Gasteiger partial charge in [-0.3, -0.25) is 0 Å². The van der Waals surface area contributed by atoms with Crippen molar-refractivity contribution in [2.45, 2.75) is 149 Å². The third-order valence-corrected chi connectivity index (χ3v) is 12.1. The van der Waals surface area contributed by atoms with Crippen LogP contribution >= 0.6 is 0 Å². The average Bonchev–Trinajstić information content (AvgIpc) is 3.11. The summed E-state index contributed by atoms with van der Waals surface area (Å²) in [5.41, 5.74) is 13.9. The molecule has 57 heavy (non-hydrogen) atoms. The molecule has 0 saturated heterocycles. The smallest absolute Gasteiger partial charge is 0.126 e. The first-order valence-corrected chi connectivity index (χ1v) is 21.0. The van der Waals surface area contributed by atoms with Crippen LogP contribution in [0.3, 0.4) is 0 Å². The van der Waals surface area contributed by atoms with Crippen LogP contribution < -0.4 is 18.9 Å². The summed E-state index contributed by atoms with van der Waals surface area (Å²) in [5, 5.41) is 0. The molecule has 0 N–H and O–H groups in total. The van der Waals surface area contributed by atoms with Crippen molar-refractivity contribution >= 4 is 0 Å². The molecule has 0 unspecified atom stereocenters. The van der Waals surface area contributed by atoms with Gasteiger partial charge in [0.2, 0.25) is 0 Å². The molecule has 8 bridgehead atoms. The van der Waals surface area contributed by atoms with Crippen molar-refractivity contribution in [3.63, 3.8) is 0 Å². The van der Waals surface area contributed by atoms with Crippen LogP contribution in [0.5, 0.6) is 23.0 Å². The molecule has 1 aliphatic carbocycles. The lowest BCUT2D eigenvalue weighted by atomic mass is 9.75. The molecule has 0 amide bonds. The Hall–Kier alpha value is -4.18. The van der Waals surface area contributed by atoms with Crippen LogP contribution in [0.4, 0.5) is 0 Å². The predicted molar refractivity (Wildman–Crippen MR) is 241 cm³/mol. The van der Waals surface area contributed by atoms with E-state index in [0.717, 1.165) is 62.8 Å². The fraction of sp³-hybridized carbons (Fsp3) is 0.509. The topological polar surface area (TPSA) is 36.9 Å². The van der Waals surface area contributed by atoms with E-state index in [9.17, 15) is 0 Å². The zero-order valence-electron chi connectivity index (χ0n) is 38.5. The lowest BCUT2D eigenvalue weighted by Crippen LogP contribution is -2.19. The maximum Gasteiger partial charge on any atom is 0.126 e. The number of methoxy groups -OCH3 is 4. The van der Waals surface area contributed by atoms with Gasteiger partial charge in [0, 0.05) is 46.9 Å². The minimum absolute atomic E-state index is 0.0126. The predicted octanol–water partition coefficient (Wildman–Crippen LogP) is 13.7. The van der Waals surface area contributed by atoms with E-state index in [4.69, 9.17) is 18.9 Å². The Balaban J connectivity index is 2.09. The Bertz CT molecular complexity index is 1960. The molecule has 0 heterocycles. The zero-order valence-corrected chi connectivity index (χ0v) is 38.5. The summed E-state index contributed by atoms with van der Waals surface area (Å²) in [5.74, 6) is 3.61. The molecular weight excluding hydrogens is 701 g/mol. The normalized spacial score (nSPS) is 16.2.